The van der Waals surface area contributed by atoms with Crippen molar-refractivity contribution in [2.45, 2.75) is 30.7 Å². The van der Waals surface area contributed by atoms with Gasteiger partial charge in [0.2, 0.25) is 0 Å². The summed E-state index contributed by atoms with van der Waals surface area (Å²) < 4.78 is 27.4. The number of nitrogens with one attached hydrogen (secondary N) is 1. The minimum atomic E-state index is -3.81. The van der Waals surface area contributed by atoms with E-state index in [1.54, 1.807) is 0 Å². The van der Waals surface area contributed by atoms with Gasteiger partial charge in [0, 0.05) is 10.7 Å². The van der Waals surface area contributed by atoms with E-state index in [2.05, 4.69) is 10.1 Å². The molecule has 0 amide bonds. The largest absolute Gasteiger partial charge is 0.462 e. The van der Waals surface area contributed by atoms with Crippen LogP contribution < -0.4 is 5.32 Å². The molecule has 1 N–H and O–H groups in total. The molecule has 0 aromatic heterocycles. The lowest BCUT2D eigenvalue weighted by molar-refractivity contribution is -0.134. The number of rotatable bonds is 4. The van der Waals surface area contributed by atoms with Crippen molar-refractivity contribution in [3.05, 3.63) is 0 Å². The van der Waals surface area contributed by atoms with Crippen LogP contribution in [0.15, 0.2) is 0 Å². The van der Waals surface area contributed by atoms with Crippen molar-refractivity contribution in [1.29, 1.82) is 0 Å². The second-order valence-electron chi connectivity index (χ2n) is 3.23. The van der Waals surface area contributed by atoms with E-state index in [9.17, 15) is 13.2 Å². The zero-order chi connectivity index (χ0) is 10.8. The van der Waals surface area contributed by atoms with Crippen molar-refractivity contribution in [2.24, 2.45) is 0 Å². The molecule has 0 spiro atoms. The quantitative estimate of drug-likeness (QED) is 0.562. The smallest absolute Gasteiger partial charge is 0.293 e. The van der Waals surface area contributed by atoms with E-state index < -0.39 is 20.0 Å². The highest BCUT2D eigenvalue weighted by Gasteiger charge is 2.50. The van der Waals surface area contributed by atoms with Gasteiger partial charge >= 0.3 is 0 Å². The molecule has 0 bridgehead atoms. The van der Waals surface area contributed by atoms with Crippen molar-refractivity contribution in [3.63, 3.8) is 0 Å². The van der Waals surface area contributed by atoms with Gasteiger partial charge < -0.3 is 4.74 Å². The molecule has 82 valence electrons. The highest BCUT2D eigenvalue weighted by atomic mass is 35.7. The molecular weight excluding hydrogens is 230 g/mol. The van der Waals surface area contributed by atoms with Gasteiger partial charge in [-0.2, -0.15) is 0 Å². The molecule has 1 rings (SSSR count). The second-order valence-corrected chi connectivity index (χ2v) is 6.06. The topological polar surface area (TPSA) is 72.5 Å². The van der Waals surface area contributed by atoms with Crippen LogP contribution in [0.1, 0.15) is 19.8 Å². The van der Waals surface area contributed by atoms with Gasteiger partial charge in [-0.25, -0.2) is 8.42 Å². The average molecular weight is 242 g/mol. The molecule has 2 unspecified atom stereocenters. The van der Waals surface area contributed by atoms with E-state index in [0.29, 0.717) is 19.4 Å². The van der Waals surface area contributed by atoms with Gasteiger partial charge in [0.05, 0.1) is 0 Å². The molecule has 1 aliphatic heterocycles. The lowest BCUT2D eigenvalue weighted by Gasteiger charge is -2.30. The lowest BCUT2D eigenvalue weighted by atomic mass is 10.1. The van der Waals surface area contributed by atoms with E-state index >= 15 is 0 Å². The molecule has 1 fully saturated rings. The molecule has 0 aromatic rings. The first kappa shape index (κ1) is 11.7. The fourth-order valence-electron chi connectivity index (χ4n) is 1.69. The van der Waals surface area contributed by atoms with Crippen molar-refractivity contribution in [2.75, 3.05) is 6.54 Å². The monoisotopic (exact) mass is 241 g/mol. The SMILES string of the molecule is CC(OC=O)C1(S(=O)(=O)Cl)CCCN1. The molecule has 1 heterocycles. The highest BCUT2D eigenvalue weighted by Crippen LogP contribution is 2.33. The molecule has 0 radical (unpaired) electrons. The Morgan fingerprint density at radius 2 is 2.29 bits per heavy atom. The van der Waals surface area contributed by atoms with E-state index in [1.807, 2.05) is 0 Å². The van der Waals surface area contributed by atoms with Gasteiger partial charge in [-0.15, -0.1) is 0 Å². The van der Waals surface area contributed by atoms with Crippen LogP contribution >= 0.6 is 10.7 Å². The number of ether oxygens (including phenoxy) is 1. The zero-order valence-electron chi connectivity index (χ0n) is 7.70. The maximum atomic E-state index is 11.4. The highest BCUT2D eigenvalue weighted by molar-refractivity contribution is 8.14. The normalized spacial score (nSPS) is 29.9. The molecule has 0 saturated carbocycles. The second kappa shape index (κ2) is 4.04. The molecule has 14 heavy (non-hydrogen) atoms. The zero-order valence-corrected chi connectivity index (χ0v) is 9.27. The van der Waals surface area contributed by atoms with Crippen LogP contribution in [0.4, 0.5) is 0 Å². The van der Waals surface area contributed by atoms with Gasteiger partial charge in [0.1, 0.15) is 6.10 Å². The summed E-state index contributed by atoms with van der Waals surface area (Å²) in [7, 11) is 1.53. The third-order valence-corrected chi connectivity index (χ3v) is 4.88. The summed E-state index contributed by atoms with van der Waals surface area (Å²) in [6.07, 6.45) is 0.261. The molecule has 0 aromatic carbocycles. The van der Waals surface area contributed by atoms with E-state index in [0.717, 1.165) is 0 Å². The Kier molecular flexibility index (Phi) is 3.39. The summed E-state index contributed by atoms with van der Waals surface area (Å²) in [4.78, 5) is 8.83. The van der Waals surface area contributed by atoms with Crippen LogP contribution in [0, 0.1) is 0 Å². The minimum Gasteiger partial charge on any atom is -0.462 e. The number of hydrogen-bond acceptors (Lipinski definition) is 5. The standard InChI is InChI=1S/C7H12ClNO4S/c1-6(13-5-10)7(14(8,11)12)3-2-4-9-7/h5-6,9H,2-4H2,1H3. The average Bonchev–Trinajstić information content (AvgIpc) is 2.51. The Morgan fingerprint density at radius 3 is 2.64 bits per heavy atom. The fourth-order valence-corrected chi connectivity index (χ4v) is 3.57. The van der Waals surface area contributed by atoms with Crippen molar-refractivity contribution >= 4 is 26.2 Å². The summed E-state index contributed by atoms with van der Waals surface area (Å²) >= 11 is 0. The van der Waals surface area contributed by atoms with Gasteiger partial charge in [0.15, 0.2) is 4.87 Å². The van der Waals surface area contributed by atoms with Crippen LogP contribution in [0.5, 0.6) is 0 Å². The van der Waals surface area contributed by atoms with Gasteiger partial charge in [-0.05, 0) is 26.3 Å². The van der Waals surface area contributed by atoms with E-state index in [1.165, 1.54) is 6.92 Å². The van der Waals surface area contributed by atoms with Crippen LogP contribution in [-0.2, 0) is 18.6 Å². The molecule has 1 aliphatic rings. The van der Waals surface area contributed by atoms with Crippen LogP contribution in [0.2, 0.25) is 0 Å². The summed E-state index contributed by atoms with van der Waals surface area (Å²) in [5, 5.41) is 2.79. The van der Waals surface area contributed by atoms with Gasteiger partial charge in [0.25, 0.3) is 15.5 Å². The predicted molar refractivity (Wildman–Crippen MR) is 51.4 cm³/mol. The molecule has 2 atom stereocenters. The maximum absolute atomic E-state index is 11.4. The molecule has 0 aliphatic carbocycles. The lowest BCUT2D eigenvalue weighted by Crippen LogP contribution is -2.54. The maximum Gasteiger partial charge on any atom is 0.293 e. The Balaban J connectivity index is 2.99. The van der Waals surface area contributed by atoms with Crippen molar-refractivity contribution in [1.82, 2.24) is 5.32 Å². The van der Waals surface area contributed by atoms with Crippen LogP contribution in [-0.4, -0.2) is 32.4 Å². The first-order valence-corrected chi connectivity index (χ1v) is 6.53. The first-order chi connectivity index (χ1) is 6.44. The van der Waals surface area contributed by atoms with E-state index in [-0.39, 0.29) is 6.47 Å². The molecule has 1 saturated heterocycles. The van der Waals surface area contributed by atoms with Gasteiger partial charge in [-0.3, -0.25) is 10.1 Å². The van der Waals surface area contributed by atoms with Gasteiger partial charge in [-0.1, -0.05) is 0 Å². The van der Waals surface area contributed by atoms with Crippen molar-refractivity contribution in [3.8, 4) is 0 Å². The summed E-state index contributed by atoms with van der Waals surface area (Å²) in [6.45, 7) is 2.29. The Morgan fingerprint density at radius 1 is 1.64 bits per heavy atom. The molecular formula is C7H12ClNO4S. The van der Waals surface area contributed by atoms with E-state index in [4.69, 9.17) is 10.7 Å². The predicted octanol–water partition coefficient (Wildman–Crippen LogP) is 0.196. The van der Waals surface area contributed by atoms with Crippen molar-refractivity contribution < 1.29 is 17.9 Å². The molecule has 7 heteroatoms. The summed E-state index contributed by atoms with van der Waals surface area (Å²) in [5.74, 6) is 0. The third-order valence-electron chi connectivity index (χ3n) is 2.50. The number of carbonyl (C=O) groups is 1. The Bertz CT molecular complexity index is 310. The molecule has 5 nitrogen and oxygen atoms in total. The fraction of sp³-hybridized carbons (Fsp3) is 0.857. The number of hydrogen-bond donors (Lipinski definition) is 1. The number of carbonyl (C=O) groups excluding carboxylic acids is 1. The Hall–Kier alpha value is -0.330. The third kappa shape index (κ3) is 1.87. The minimum absolute atomic E-state index is 0.231. The summed E-state index contributed by atoms with van der Waals surface area (Å²) in [5.41, 5.74) is 0. The Labute approximate surface area is 87.2 Å². The van der Waals surface area contributed by atoms with Crippen LogP contribution in [0.3, 0.4) is 0 Å². The first-order valence-electron chi connectivity index (χ1n) is 4.22. The summed E-state index contributed by atoms with van der Waals surface area (Å²) in [6, 6.07) is 0. The number of halogens is 1. The van der Waals surface area contributed by atoms with Crippen LogP contribution in [0.25, 0.3) is 0 Å².